The van der Waals surface area contributed by atoms with Gasteiger partial charge in [-0.25, -0.2) is 0 Å². The number of amides is 2. The van der Waals surface area contributed by atoms with E-state index in [1.165, 1.54) is 0 Å². The van der Waals surface area contributed by atoms with Crippen LogP contribution in [0, 0.1) is 0 Å². The quantitative estimate of drug-likeness (QED) is 0.694. The summed E-state index contributed by atoms with van der Waals surface area (Å²) in [7, 11) is 0. The molecule has 0 saturated carbocycles. The summed E-state index contributed by atoms with van der Waals surface area (Å²) in [6, 6.07) is 6.28. The Morgan fingerprint density at radius 1 is 1.50 bits per heavy atom. The van der Waals surface area contributed by atoms with Crippen molar-refractivity contribution in [2.75, 3.05) is 19.8 Å². The number of hydrogen-bond acceptors (Lipinski definition) is 4. The van der Waals surface area contributed by atoms with Gasteiger partial charge in [-0.1, -0.05) is 28.1 Å². The Balaban J connectivity index is 0.00000242. The summed E-state index contributed by atoms with van der Waals surface area (Å²) in [6.45, 7) is 1.87. The van der Waals surface area contributed by atoms with E-state index in [1.807, 2.05) is 6.07 Å². The second kappa shape index (κ2) is 9.09. The lowest BCUT2D eigenvalue weighted by molar-refractivity contribution is -0.128. The third-order valence-corrected chi connectivity index (χ3v) is 3.70. The van der Waals surface area contributed by atoms with Crippen LogP contribution < -0.4 is 16.4 Å². The van der Waals surface area contributed by atoms with E-state index in [-0.39, 0.29) is 30.8 Å². The minimum atomic E-state index is -0.834. The Hall–Kier alpha value is -1.15. The van der Waals surface area contributed by atoms with E-state index in [9.17, 15) is 9.59 Å². The van der Waals surface area contributed by atoms with Gasteiger partial charge in [-0.3, -0.25) is 9.59 Å². The van der Waals surface area contributed by atoms with Gasteiger partial charge in [0.05, 0.1) is 13.2 Å². The average molecular weight is 393 g/mol. The van der Waals surface area contributed by atoms with Crippen molar-refractivity contribution in [3.63, 3.8) is 0 Å². The zero-order valence-corrected chi connectivity index (χ0v) is 14.3. The van der Waals surface area contributed by atoms with Crippen LogP contribution in [0.2, 0.25) is 0 Å². The van der Waals surface area contributed by atoms with Gasteiger partial charge >= 0.3 is 0 Å². The second-order valence-corrected chi connectivity index (χ2v) is 5.80. The van der Waals surface area contributed by atoms with Gasteiger partial charge in [-0.05, 0) is 17.7 Å². The van der Waals surface area contributed by atoms with Gasteiger partial charge in [0.1, 0.15) is 6.04 Å². The highest BCUT2D eigenvalue weighted by Crippen LogP contribution is 2.18. The molecule has 22 heavy (non-hydrogen) atoms. The van der Waals surface area contributed by atoms with E-state index in [0.717, 1.165) is 11.0 Å². The van der Waals surface area contributed by atoms with Crippen LogP contribution in [-0.4, -0.2) is 37.6 Å². The number of carbonyl (C=O) groups is 2. The molecule has 1 aromatic carbocycles. The summed E-state index contributed by atoms with van der Waals surface area (Å²) in [5, 5.41) is 5.87. The number of morpholine rings is 1. The van der Waals surface area contributed by atoms with Crippen molar-refractivity contribution in [3.8, 4) is 0 Å². The Kier molecular flexibility index (Phi) is 7.81. The number of rotatable bonds is 5. The van der Waals surface area contributed by atoms with E-state index >= 15 is 0 Å². The highest BCUT2D eigenvalue weighted by molar-refractivity contribution is 9.10. The fraction of sp³-hybridized carbons (Fsp3) is 0.429. The predicted molar refractivity (Wildman–Crippen MR) is 88.7 cm³/mol. The Morgan fingerprint density at radius 3 is 2.86 bits per heavy atom. The minimum absolute atomic E-state index is 0. The third kappa shape index (κ3) is 5.57. The fourth-order valence-electron chi connectivity index (χ4n) is 2.20. The maximum atomic E-state index is 12.1. The first kappa shape index (κ1) is 18.9. The predicted octanol–water partition coefficient (Wildman–Crippen LogP) is 0.892. The molecule has 1 aliphatic rings. The standard InChI is InChI=1S/C14H18BrN3O3.ClH/c15-10-3-1-2-9(6-10)13(14(16)20)18-12(19)7-11-8-21-5-4-17-11;/h1-3,6,11,13,17H,4-5,7-8H2,(H2,16,20)(H,18,19);1H. The molecule has 4 N–H and O–H groups in total. The van der Waals surface area contributed by atoms with Crippen molar-refractivity contribution in [1.29, 1.82) is 0 Å². The third-order valence-electron chi connectivity index (χ3n) is 3.20. The molecule has 1 fully saturated rings. The number of ether oxygens (including phenoxy) is 1. The summed E-state index contributed by atoms with van der Waals surface area (Å²) < 4.78 is 6.12. The fourth-order valence-corrected chi connectivity index (χ4v) is 2.62. The minimum Gasteiger partial charge on any atom is -0.378 e. The van der Waals surface area contributed by atoms with Crippen molar-refractivity contribution in [3.05, 3.63) is 34.3 Å². The van der Waals surface area contributed by atoms with Gasteiger partial charge in [0, 0.05) is 23.5 Å². The molecule has 0 radical (unpaired) electrons. The molecule has 8 heteroatoms. The average Bonchev–Trinajstić information content (AvgIpc) is 2.45. The Labute approximate surface area is 143 Å². The molecule has 1 heterocycles. The van der Waals surface area contributed by atoms with E-state index in [4.69, 9.17) is 10.5 Å². The number of carbonyl (C=O) groups excluding carboxylic acids is 2. The summed E-state index contributed by atoms with van der Waals surface area (Å²) in [5.74, 6) is -0.823. The molecule has 2 amide bonds. The summed E-state index contributed by atoms with van der Waals surface area (Å²) in [4.78, 5) is 23.6. The molecule has 0 spiro atoms. The first-order chi connectivity index (χ1) is 10.1. The summed E-state index contributed by atoms with van der Waals surface area (Å²) in [6.07, 6.45) is 0.248. The van der Waals surface area contributed by atoms with E-state index in [2.05, 4.69) is 26.6 Å². The maximum absolute atomic E-state index is 12.1. The topological polar surface area (TPSA) is 93.5 Å². The van der Waals surface area contributed by atoms with E-state index in [1.54, 1.807) is 18.2 Å². The lowest BCUT2D eigenvalue weighted by atomic mass is 10.1. The van der Waals surface area contributed by atoms with Gasteiger partial charge in [0.25, 0.3) is 0 Å². The van der Waals surface area contributed by atoms with E-state index in [0.29, 0.717) is 18.8 Å². The Morgan fingerprint density at radius 2 is 2.27 bits per heavy atom. The van der Waals surface area contributed by atoms with Gasteiger partial charge in [0.15, 0.2) is 0 Å². The molecule has 0 aliphatic carbocycles. The molecule has 1 aliphatic heterocycles. The SMILES string of the molecule is Cl.NC(=O)C(NC(=O)CC1COCCN1)c1cccc(Br)c1. The second-order valence-electron chi connectivity index (χ2n) is 4.89. The van der Waals surface area contributed by atoms with Crippen LogP contribution in [0.5, 0.6) is 0 Å². The molecular weight excluding hydrogens is 374 g/mol. The molecule has 2 rings (SSSR count). The molecule has 0 bridgehead atoms. The molecule has 2 atom stereocenters. The van der Waals surface area contributed by atoms with Crippen LogP contribution in [0.3, 0.4) is 0 Å². The van der Waals surface area contributed by atoms with Crippen molar-refractivity contribution in [1.82, 2.24) is 10.6 Å². The number of hydrogen-bond donors (Lipinski definition) is 3. The smallest absolute Gasteiger partial charge is 0.244 e. The maximum Gasteiger partial charge on any atom is 0.244 e. The molecule has 2 unspecified atom stereocenters. The number of halogens is 2. The molecule has 0 aromatic heterocycles. The zero-order valence-electron chi connectivity index (χ0n) is 11.9. The van der Waals surface area contributed by atoms with Gasteiger partial charge in [-0.2, -0.15) is 0 Å². The number of benzene rings is 1. The van der Waals surface area contributed by atoms with Crippen LogP contribution >= 0.6 is 28.3 Å². The van der Waals surface area contributed by atoms with Crippen LogP contribution in [0.4, 0.5) is 0 Å². The Bertz CT molecular complexity index is 524. The molecular formula is C14H19BrClN3O3. The van der Waals surface area contributed by atoms with Crippen molar-refractivity contribution in [2.45, 2.75) is 18.5 Å². The van der Waals surface area contributed by atoms with Crippen molar-refractivity contribution < 1.29 is 14.3 Å². The number of nitrogens with one attached hydrogen (secondary N) is 2. The molecule has 1 saturated heterocycles. The van der Waals surface area contributed by atoms with Gasteiger partial charge in [0.2, 0.25) is 11.8 Å². The van der Waals surface area contributed by atoms with Crippen LogP contribution in [-0.2, 0) is 14.3 Å². The van der Waals surface area contributed by atoms with Gasteiger partial charge in [-0.15, -0.1) is 12.4 Å². The summed E-state index contributed by atoms with van der Waals surface area (Å²) >= 11 is 3.33. The largest absolute Gasteiger partial charge is 0.378 e. The molecule has 1 aromatic rings. The highest BCUT2D eigenvalue weighted by atomic mass is 79.9. The highest BCUT2D eigenvalue weighted by Gasteiger charge is 2.23. The zero-order chi connectivity index (χ0) is 15.2. The van der Waals surface area contributed by atoms with Crippen molar-refractivity contribution in [2.24, 2.45) is 5.73 Å². The van der Waals surface area contributed by atoms with Crippen LogP contribution in [0.1, 0.15) is 18.0 Å². The van der Waals surface area contributed by atoms with Gasteiger partial charge < -0.3 is 21.1 Å². The molecule has 6 nitrogen and oxygen atoms in total. The van der Waals surface area contributed by atoms with Crippen LogP contribution in [0.15, 0.2) is 28.7 Å². The van der Waals surface area contributed by atoms with Crippen LogP contribution in [0.25, 0.3) is 0 Å². The lowest BCUT2D eigenvalue weighted by Crippen LogP contribution is -2.46. The first-order valence-corrected chi connectivity index (χ1v) is 7.51. The van der Waals surface area contributed by atoms with Crippen molar-refractivity contribution >= 4 is 40.2 Å². The first-order valence-electron chi connectivity index (χ1n) is 6.71. The summed E-state index contributed by atoms with van der Waals surface area (Å²) in [5.41, 5.74) is 6.04. The monoisotopic (exact) mass is 391 g/mol. The normalized spacial score (nSPS) is 18.9. The number of primary amides is 1. The molecule has 122 valence electrons. The lowest BCUT2D eigenvalue weighted by Gasteiger charge is -2.24. The number of nitrogens with two attached hydrogens (primary N) is 1. The van der Waals surface area contributed by atoms with E-state index < -0.39 is 11.9 Å².